The number of aliphatic hydroxyl groups excluding tert-OH is 1. The first-order valence-corrected chi connectivity index (χ1v) is 6.85. The van der Waals surface area contributed by atoms with Crippen molar-refractivity contribution >= 4 is 22.7 Å². The highest BCUT2D eigenvalue weighted by atomic mass is 32.2. The Kier molecular flexibility index (Phi) is 4.48. The largest absolute Gasteiger partial charge is 0.459 e. The molecule has 2 rings (SSSR count). The third kappa shape index (κ3) is 3.03. The highest BCUT2D eigenvalue weighted by molar-refractivity contribution is 7.99. The zero-order valence-corrected chi connectivity index (χ0v) is 10.7. The number of thioether (sulfide) groups is 1. The first-order chi connectivity index (χ1) is 8.35. The van der Waals surface area contributed by atoms with Crippen LogP contribution in [0.25, 0.3) is 11.0 Å². The summed E-state index contributed by atoms with van der Waals surface area (Å²) in [4.78, 5) is 0. The van der Waals surface area contributed by atoms with Crippen LogP contribution in [0.1, 0.15) is 11.8 Å². The van der Waals surface area contributed by atoms with Gasteiger partial charge in [-0.2, -0.15) is 11.8 Å². The second kappa shape index (κ2) is 6.10. The third-order valence-electron chi connectivity index (χ3n) is 2.66. The fourth-order valence-electron chi connectivity index (χ4n) is 1.75. The standard InChI is InChI=1S/C13H17NO2S/c1-14-11(9-17-7-6-15)13-8-10-4-2-3-5-12(10)16-13/h2-5,8,11,14-15H,6-7,9H2,1H3. The van der Waals surface area contributed by atoms with E-state index in [1.807, 2.05) is 25.2 Å². The van der Waals surface area contributed by atoms with Gasteiger partial charge in [-0.1, -0.05) is 18.2 Å². The van der Waals surface area contributed by atoms with Crippen LogP contribution >= 0.6 is 11.8 Å². The van der Waals surface area contributed by atoms with Crippen LogP contribution in [0.4, 0.5) is 0 Å². The second-order valence-corrected chi connectivity index (χ2v) is 4.98. The van der Waals surface area contributed by atoms with E-state index in [9.17, 15) is 0 Å². The topological polar surface area (TPSA) is 45.4 Å². The molecule has 3 nitrogen and oxygen atoms in total. The first kappa shape index (κ1) is 12.5. The predicted octanol–water partition coefficient (Wildman–Crippen LogP) is 2.42. The molecule has 1 atom stereocenters. The number of aliphatic hydroxyl groups is 1. The fraction of sp³-hybridized carbons (Fsp3) is 0.385. The lowest BCUT2D eigenvalue weighted by atomic mass is 10.2. The van der Waals surface area contributed by atoms with E-state index < -0.39 is 0 Å². The molecule has 0 saturated carbocycles. The molecule has 92 valence electrons. The van der Waals surface area contributed by atoms with Crippen molar-refractivity contribution in [3.8, 4) is 0 Å². The van der Waals surface area contributed by atoms with Crippen molar-refractivity contribution in [1.82, 2.24) is 5.32 Å². The van der Waals surface area contributed by atoms with Gasteiger partial charge < -0.3 is 14.8 Å². The summed E-state index contributed by atoms with van der Waals surface area (Å²) in [6.07, 6.45) is 0. The Hall–Kier alpha value is -0.970. The Labute approximate surface area is 105 Å². The normalized spacial score (nSPS) is 13.1. The zero-order chi connectivity index (χ0) is 12.1. The van der Waals surface area contributed by atoms with Crippen LogP contribution in [0.2, 0.25) is 0 Å². The van der Waals surface area contributed by atoms with Gasteiger partial charge in [-0.3, -0.25) is 0 Å². The Morgan fingerprint density at radius 3 is 2.94 bits per heavy atom. The van der Waals surface area contributed by atoms with Gasteiger partial charge in [0.15, 0.2) is 0 Å². The van der Waals surface area contributed by atoms with E-state index in [1.165, 1.54) is 0 Å². The van der Waals surface area contributed by atoms with E-state index in [0.29, 0.717) is 0 Å². The summed E-state index contributed by atoms with van der Waals surface area (Å²) < 4.78 is 5.81. The lowest BCUT2D eigenvalue weighted by Crippen LogP contribution is -2.18. The summed E-state index contributed by atoms with van der Waals surface area (Å²) in [6.45, 7) is 0.223. The summed E-state index contributed by atoms with van der Waals surface area (Å²) in [5.74, 6) is 2.62. The first-order valence-electron chi connectivity index (χ1n) is 5.69. The van der Waals surface area contributed by atoms with Gasteiger partial charge in [-0.15, -0.1) is 0 Å². The molecule has 4 heteroatoms. The minimum atomic E-state index is 0.193. The third-order valence-corrected chi connectivity index (χ3v) is 3.70. The fourth-order valence-corrected chi connectivity index (χ4v) is 2.61. The highest BCUT2D eigenvalue weighted by Crippen LogP contribution is 2.25. The molecule has 0 fully saturated rings. The molecule has 1 aromatic heterocycles. The van der Waals surface area contributed by atoms with Gasteiger partial charge in [0, 0.05) is 16.9 Å². The van der Waals surface area contributed by atoms with Crippen LogP contribution in [0.3, 0.4) is 0 Å². The van der Waals surface area contributed by atoms with Gasteiger partial charge in [0.2, 0.25) is 0 Å². The van der Waals surface area contributed by atoms with Crippen LogP contribution in [-0.2, 0) is 0 Å². The lowest BCUT2D eigenvalue weighted by molar-refractivity contribution is 0.322. The summed E-state index contributed by atoms with van der Waals surface area (Å²) >= 11 is 1.72. The molecule has 0 aliphatic heterocycles. The van der Waals surface area contributed by atoms with Crippen molar-refractivity contribution in [3.63, 3.8) is 0 Å². The number of hydrogen-bond donors (Lipinski definition) is 2. The quantitative estimate of drug-likeness (QED) is 0.774. The Morgan fingerprint density at radius 2 is 2.24 bits per heavy atom. The Bertz CT molecular complexity index is 436. The van der Waals surface area contributed by atoms with E-state index in [0.717, 1.165) is 28.2 Å². The number of rotatable bonds is 6. The van der Waals surface area contributed by atoms with Crippen LogP contribution in [-0.4, -0.2) is 30.3 Å². The van der Waals surface area contributed by atoms with Crippen molar-refractivity contribution < 1.29 is 9.52 Å². The molecule has 0 aliphatic rings. The SMILES string of the molecule is CNC(CSCCO)c1cc2ccccc2o1. The van der Waals surface area contributed by atoms with Crippen molar-refractivity contribution in [2.24, 2.45) is 0 Å². The van der Waals surface area contributed by atoms with Crippen LogP contribution in [0.5, 0.6) is 0 Å². The number of hydrogen-bond acceptors (Lipinski definition) is 4. The molecule has 0 bridgehead atoms. The minimum Gasteiger partial charge on any atom is -0.459 e. The maximum atomic E-state index is 8.77. The van der Waals surface area contributed by atoms with Gasteiger partial charge >= 0.3 is 0 Å². The van der Waals surface area contributed by atoms with Crippen molar-refractivity contribution in [2.45, 2.75) is 6.04 Å². The van der Waals surface area contributed by atoms with Crippen LogP contribution in [0.15, 0.2) is 34.7 Å². The van der Waals surface area contributed by atoms with E-state index in [2.05, 4.69) is 17.4 Å². The van der Waals surface area contributed by atoms with E-state index in [-0.39, 0.29) is 12.6 Å². The van der Waals surface area contributed by atoms with Crippen LogP contribution < -0.4 is 5.32 Å². The molecule has 2 aromatic rings. The summed E-state index contributed by atoms with van der Waals surface area (Å²) in [7, 11) is 1.93. The molecule has 1 unspecified atom stereocenters. The average Bonchev–Trinajstić information content (AvgIpc) is 2.78. The lowest BCUT2D eigenvalue weighted by Gasteiger charge is -2.12. The average molecular weight is 251 g/mol. The Morgan fingerprint density at radius 1 is 1.41 bits per heavy atom. The predicted molar refractivity (Wildman–Crippen MR) is 72.4 cm³/mol. The van der Waals surface area contributed by atoms with Gasteiger partial charge in [0.05, 0.1) is 12.6 Å². The maximum Gasteiger partial charge on any atom is 0.134 e. The van der Waals surface area contributed by atoms with Crippen LogP contribution in [0, 0.1) is 0 Å². The Balaban J connectivity index is 2.12. The number of fused-ring (bicyclic) bond motifs is 1. The van der Waals surface area contributed by atoms with Crippen molar-refractivity contribution in [2.75, 3.05) is 25.2 Å². The molecule has 2 N–H and O–H groups in total. The molecule has 0 amide bonds. The van der Waals surface area contributed by atoms with Gasteiger partial charge in [-0.25, -0.2) is 0 Å². The highest BCUT2D eigenvalue weighted by Gasteiger charge is 2.14. The van der Waals surface area contributed by atoms with Gasteiger partial charge in [0.1, 0.15) is 11.3 Å². The smallest absolute Gasteiger partial charge is 0.134 e. The molecule has 1 heterocycles. The van der Waals surface area contributed by atoms with E-state index in [1.54, 1.807) is 11.8 Å². The molecule has 17 heavy (non-hydrogen) atoms. The molecule has 0 radical (unpaired) electrons. The molecule has 0 spiro atoms. The molecule has 0 aliphatic carbocycles. The zero-order valence-electron chi connectivity index (χ0n) is 9.85. The van der Waals surface area contributed by atoms with Crippen molar-refractivity contribution in [3.05, 3.63) is 36.1 Å². The number of benzene rings is 1. The molecular weight excluding hydrogens is 234 g/mol. The summed E-state index contributed by atoms with van der Waals surface area (Å²) in [5.41, 5.74) is 0.926. The molecular formula is C13H17NO2S. The minimum absolute atomic E-state index is 0.193. The van der Waals surface area contributed by atoms with Crippen molar-refractivity contribution in [1.29, 1.82) is 0 Å². The maximum absolute atomic E-state index is 8.77. The molecule has 0 saturated heterocycles. The van der Waals surface area contributed by atoms with Gasteiger partial charge in [-0.05, 0) is 19.2 Å². The summed E-state index contributed by atoms with van der Waals surface area (Å²) in [5, 5.41) is 13.1. The molecule has 1 aromatic carbocycles. The van der Waals surface area contributed by atoms with Gasteiger partial charge in [0.25, 0.3) is 0 Å². The summed E-state index contributed by atoms with van der Waals surface area (Å²) in [6, 6.07) is 10.3. The number of nitrogens with one attached hydrogen (secondary N) is 1. The number of para-hydroxylation sites is 1. The number of furan rings is 1. The monoisotopic (exact) mass is 251 g/mol. The van der Waals surface area contributed by atoms with E-state index in [4.69, 9.17) is 9.52 Å². The van der Waals surface area contributed by atoms with E-state index >= 15 is 0 Å². The second-order valence-electron chi connectivity index (χ2n) is 3.83.